The van der Waals surface area contributed by atoms with Crippen LogP contribution in [-0.2, 0) is 21.6 Å². The number of amides is 1. The quantitative estimate of drug-likeness (QED) is 0.420. The molecule has 1 atom stereocenters. The van der Waals surface area contributed by atoms with Gasteiger partial charge < -0.3 is 19.5 Å². The van der Waals surface area contributed by atoms with Crippen LogP contribution < -0.4 is 16.0 Å². The molecular weight excluding hydrogens is 529 g/mol. The van der Waals surface area contributed by atoms with E-state index in [4.69, 9.17) is 9.47 Å². The van der Waals surface area contributed by atoms with Gasteiger partial charge in [-0.25, -0.2) is 18.5 Å². The summed E-state index contributed by atoms with van der Waals surface area (Å²) in [5.74, 6) is -1.43. The summed E-state index contributed by atoms with van der Waals surface area (Å²) >= 11 is 0.894. The molecule has 1 amide bonds. The second-order valence-electron chi connectivity index (χ2n) is 9.95. The van der Waals surface area contributed by atoms with Gasteiger partial charge in [-0.05, 0) is 64.3 Å². The van der Waals surface area contributed by atoms with Crippen LogP contribution in [0.5, 0.6) is 5.75 Å². The molecule has 1 aromatic carbocycles. The van der Waals surface area contributed by atoms with E-state index < -0.39 is 41.2 Å². The standard InChI is InChI=1S/C27H32FN3O7S/c1-6-38-24(34)21-15(2)20-22(33)31(27(3,4)25(35)29-11-7-8-12-29)26(36)30(23(20)39-21)14-18(32)17-13-16(28)9-10-19(17)37-5/h9-10,13,18,32H,6-8,11-12,14H2,1-5H3/t18-/m0/s1. The van der Waals surface area contributed by atoms with Gasteiger partial charge in [-0.2, -0.15) is 0 Å². The fraction of sp³-hybridized carbons (Fsp3) is 0.481. The highest BCUT2D eigenvalue weighted by molar-refractivity contribution is 7.20. The molecule has 1 aliphatic heterocycles. The average molecular weight is 562 g/mol. The zero-order chi connectivity index (χ0) is 28.6. The molecule has 39 heavy (non-hydrogen) atoms. The molecule has 0 radical (unpaired) electrons. The molecule has 1 N–H and O–H groups in total. The van der Waals surface area contributed by atoms with Gasteiger partial charge in [-0.15, -0.1) is 11.3 Å². The lowest BCUT2D eigenvalue weighted by molar-refractivity contribution is -0.138. The first-order chi connectivity index (χ1) is 18.4. The van der Waals surface area contributed by atoms with Crippen molar-refractivity contribution in [1.82, 2.24) is 14.0 Å². The number of fused-ring (bicyclic) bond motifs is 1. The summed E-state index contributed by atoms with van der Waals surface area (Å²) in [6, 6.07) is 3.64. The number of halogens is 1. The van der Waals surface area contributed by atoms with Crippen LogP contribution in [-0.4, -0.2) is 57.8 Å². The van der Waals surface area contributed by atoms with Crippen molar-refractivity contribution in [3.63, 3.8) is 0 Å². The Labute approximate surface area is 228 Å². The minimum atomic E-state index is -1.56. The Morgan fingerprint density at radius 2 is 1.87 bits per heavy atom. The van der Waals surface area contributed by atoms with Gasteiger partial charge in [0, 0.05) is 18.7 Å². The van der Waals surface area contributed by atoms with E-state index in [0.29, 0.717) is 18.7 Å². The zero-order valence-corrected chi connectivity index (χ0v) is 23.4. The minimum Gasteiger partial charge on any atom is -0.496 e. The lowest BCUT2D eigenvalue weighted by Crippen LogP contribution is -2.56. The van der Waals surface area contributed by atoms with E-state index in [-0.39, 0.29) is 38.9 Å². The molecule has 1 aliphatic rings. The van der Waals surface area contributed by atoms with E-state index in [1.807, 2.05) is 0 Å². The molecule has 12 heteroatoms. The summed E-state index contributed by atoms with van der Waals surface area (Å²) in [6.07, 6.45) is 0.232. The van der Waals surface area contributed by atoms with Crippen LogP contribution in [0.4, 0.5) is 4.39 Å². The van der Waals surface area contributed by atoms with Gasteiger partial charge >= 0.3 is 11.7 Å². The number of ether oxygens (including phenoxy) is 2. The molecule has 3 heterocycles. The van der Waals surface area contributed by atoms with Crippen molar-refractivity contribution in [3.8, 4) is 5.75 Å². The number of aliphatic hydroxyl groups excluding tert-OH is 1. The summed E-state index contributed by atoms with van der Waals surface area (Å²) in [7, 11) is 1.37. The van der Waals surface area contributed by atoms with E-state index in [1.54, 1.807) is 18.7 Å². The Bertz CT molecular complexity index is 1550. The van der Waals surface area contributed by atoms with Crippen molar-refractivity contribution in [2.24, 2.45) is 0 Å². The van der Waals surface area contributed by atoms with E-state index in [1.165, 1.54) is 33.1 Å². The third-order valence-corrected chi connectivity index (χ3v) is 8.35. The van der Waals surface area contributed by atoms with Crippen LogP contribution in [0.15, 0.2) is 27.8 Å². The number of thiophene rings is 1. The zero-order valence-electron chi connectivity index (χ0n) is 22.6. The molecule has 0 bridgehead atoms. The summed E-state index contributed by atoms with van der Waals surface area (Å²) in [5.41, 5.74) is -2.71. The molecule has 0 aliphatic carbocycles. The fourth-order valence-electron chi connectivity index (χ4n) is 5.03. The molecule has 3 aromatic rings. The lowest BCUT2D eigenvalue weighted by atomic mass is 10.0. The number of benzene rings is 1. The summed E-state index contributed by atoms with van der Waals surface area (Å²) in [5, 5.41) is 11.2. The first-order valence-electron chi connectivity index (χ1n) is 12.7. The number of methoxy groups -OCH3 is 1. The predicted molar refractivity (Wildman–Crippen MR) is 144 cm³/mol. The molecule has 0 unspecified atom stereocenters. The second kappa shape index (κ2) is 10.9. The first kappa shape index (κ1) is 28.5. The van der Waals surface area contributed by atoms with Crippen molar-refractivity contribution in [2.75, 3.05) is 26.8 Å². The van der Waals surface area contributed by atoms with Gasteiger partial charge in [0.2, 0.25) is 5.91 Å². The molecule has 0 saturated carbocycles. The van der Waals surface area contributed by atoms with Crippen LogP contribution >= 0.6 is 11.3 Å². The molecule has 0 spiro atoms. The Morgan fingerprint density at radius 1 is 1.21 bits per heavy atom. The number of carbonyl (C=O) groups excluding carboxylic acids is 2. The highest BCUT2D eigenvalue weighted by Crippen LogP contribution is 2.32. The van der Waals surface area contributed by atoms with Gasteiger partial charge in [0.1, 0.15) is 32.9 Å². The Morgan fingerprint density at radius 3 is 2.49 bits per heavy atom. The lowest BCUT2D eigenvalue weighted by Gasteiger charge is -2.31. The number of esters is 1. The van der Waals surface area contributed by atoms with E-state index in [2.05, 4.69) is 0 Å². The third kappa shape index (κ3) is 4.98. The molecule has 210 valence electrons. The topological polar surface area (TPSA) is 120 Å². The maximum absolute atomic E-state index is 14.1. The molecule has 4 rings (SSSR count). The number of aliphatic hydroxyl groups is 1. The molecule has 1 fully saturated rings. The van der Waals surface area contributed by atoms with Gasteiger partial charge in [0.25, 0.3) is 5.56 Å². The normalized spacial score (nSPS) is 14.6. The summed E-state index contributed by atoms with van der Waals surface area (Å²) < 4.78 is 26.5. The number of hydrogen-bond acceptors (Lipinski definition) is 8. The summed E-state index contributed by atoms with van der Waals surface area (Å²) in [6.45, 7) is 7.00. The van der Waals surface area contributed by atoms with Crippen LogP contribution in [0, 0.1) is 12.7 Å². The van der Waals surface area contributed by atoms with Crippen molar-refractivity contribution in [3.05, 3.63) is 60.9 Å². The van der Waals surface area contributed by atoms with Crippen LogP contribution in [0.3, 0.4) is 0 Å². The SMILES string of the molecule is CCOC(=O)c1sc2c(c1C)c(=O)n(C(C)(C)C(=O)N1CCCC1)c(=O)n2C[C@H](O)c1cc(F)ccc1OC. The van der Waals surface area contributed by atoms with Gasteiger partial charge in [-0.1, -0.05) is 0 Å². The third-order valence-electron chi connectivity index (χ3n) is 7.06. The van der Waals surface area contributed by atoms with Crippen LogP contribution in [0.25, 0.3) is 10.2 Å². The molecule has 2 aromatic heterocycles. The number of nitrogens with zero attached hydrogens (tertiary/aromatic N) is 3. The number of aromatic nitrogens is 2. The molecule has 1 saturated heterocycles. The fourth-order valence-corrected chi connectivity index (χ4v) is 6.23. The highest BCUT2D eigenvalue weighted by Gasteiger charge is 2.39. The van der Waals surface area contributed by atoms with Crippen molar-refractivity contribution >= 4 is 33.4 Å². The van der Waals surface area contributed by atoms with E-state index in [9.17, 15) is 28.7 Å². The van der Waals surface area contributed by atoms with E-state index in [0.717, 1.165) is 39.4 Å². The first-order valence-corrected chi connectivity index (χ1v) is 13.5. The molecule has 10 nitrogen and oxygen atoms in total. The number of aryl methyl sites for hydroxylation is 1. The van der Waals surface area contributed by atoms with Crippen molar-refractivity contribution < 1.29 is 28.6 Å². The maximum atomic E-state index is 14.1. The average Bonchev–Trinajstić information content (AvgIpc) is 3.54. The number of carbonyl (C=O) groups is 2. The minimum absolute atomic E-state index is 0.0726. The Balaban J connectivity index is 1.98. The monoisotopic (exact) mass is 561 g/mol. The van der Waals surface area contributed by atoms with Crippen molar-refractivity contribution in [2.45, 2.75) is 58.7 Å². The van der Waals surface area contributed by atoms with Crippen LogP contribution in [0.2, 0.25) is 0 Å². The van der Waals surface area contributed by atoms with Crippen LogP contribution in [0.1, 0.15) is 60.5 Å². The Hall–Kier alpha value is -3.51. The van der Waals surface area contributed by atoms with Gasteiger partial charge in [0.05, 0.1) is 25.6 Å². The number of hydrogen-bond donors (Lipinski definition) is 1. The number of likely N-dealkylation sites (tertiary alicyclic amines) is 1. The summed E-state index contributed by atoms with van der Waals surface area (Å²) in [4.78, 5) is 56.0. The van der Waals surface area contributed by atoms with E-state index >= 15 is 0 Å². The maximum Gasteiger partial charge on any atom is 0.348 e. The predicted octanol–water partition coefficient (Wildman–Crippen LogP) is 2.95. The Kier molecular flexibility index (Phi) is 7.99. The highest BCUT2D eigenvalue weighted by atomic mass is 32.1. The molecular formula is C27H32FN3O7S. The largest absolute Gasteiger partial charge is 0.496 e. The van der Waals surface area contributed by atoms with Gasteiger partial charge in [-0.3, -0.25) is 14.2 Å². The van der Waals surface area contributed by atoms with Gasteiger partial charge in [0.15, 0.2) is 0 Å². The smallest absolute Gasteiger partial charge is 0.348 e. The second-order valence-corrected chi connectivity index (χ2v) is 11.0. The van der Waals surface area contributed by atoms with Crippen molar-refractivity contribution in [1.29, 1.82) is 0 Å². The number of rotatable bonds is 8.